The molecule has 2 rings (SSSR count). The van der Waals surface area contributed by atoms with Crippen molar-refractivity contribution in [2.24, 2.45) is 16.8 Å². The summed E-state index contributed by atoms with van der Waals surface area (Å²) in [6.45, 7) is 0.983. The number of hydrogen-bond donors (Lipinski definition) is 3. The van der Waals surface area contributed by atoms with Crippen LogP contribution in [0.3, 0.4) is 0 Å². The van der Waals surface area contributed by atoms with Crippen LogP contribution >= 0.6 is 0 Å². The van der Waals surface area contributed by atoms with Crippen LogP contribution in [-0.2, 0) is 9.53 Å². The van der Waals surface area contributed by atoms with Crippen LogP contribution in [0.15, 0.2) is 23.4 Å². The van der Waals surface area contributed by atoms with Gasteiger partial charge in [0.05, 0.1) is 25.3 Å². The van der Waals surface area contributed by atoms with Crippen LogP contribution in [0.5, 0.6) is 5.75 Å². The zero-order valence-corrected chi connectivity index (χ0v) is 11.1. The first-order valence-corrected chi connectivity index (χ1v) is 6.21. The third kappa shape index (κ3) is 2.83. The fraction of sp³-hybridized carbons (Fsp3) is 0.385. The minimum absolute atomic E-state index is 0.0955. The molecule has 20 heavy (non-hydrogen) atoms. The number of para-hydroxylation sites is 1. The number of hydrogen-bond acceptors (Lipinski definition) is 5. The third-order valence-corrected chi connectivity index (χ3v) is 3.18. The summed E-state index contributed by atoms with van der Waals surface area (Å²) < 4.78 is 10.4. The average Bonchev–Trinajstić information content (AvgIpc) is 3.01. The molecule has 108 valence electrons. The van der Waals surface area contributed by atoms with Crippen LogP contribution in [0.4, 0.5) is 5.69 Å². The zero-order chi connectivity index (χ0) is 14.5. The van der Waals surface area contributed by atoms with Crippen LogP contribution in [0, 0.1) is 5.92 Å². The highest BCUT2D eigenvalue weighted by atomic mass is 16.5. The lowest BCUT2D eigenvalue weighted by Gasteiger charge is -2.16. The van der Waals surface area contributed by atoms with Crippen LogP contribution in [-0.4, -0.2) is 37.3 Å². The Hall–Kier alpha value is -2.28. The lowest BCUT2D eigenvalue weighted by molar-refractivity contribution is -0.119. The molecule has 1 heterocycles. The van der Waals surface area contributed by atoms with Gasteiger partial charge in [-0.1, -0.05) is 11.2 Å². The molecule has 1 amide bonds. The number of oxime groups is 1. The van der Waals surface area contributed by atoms with Crippen molar-refractivity contribution in [3.8, 4) is 5.75 Å². The van der Waals surface area contributed by atoms with Gasteiger partial charge in [0.1, 0.15) is 5.75 Å². The van der Waals surface area contributed by atoms with Gasteiger partial charge >= 0.3 is 0 Å². The van der Waals surface area contributed by atoms with Crippen molar-refractivity contribution in [2.75, 3.05) is 25.6 Å². The van der Waals surface area contributed by atoms with E-state index in [0.717, 1.165) is 0 Å². The van der Waals surface area contributed by atoms with E-state index in [4.69, 9.17) is 20.4 Å². The number of nitrogens with zero attached hydrogens (tertiary/aromatic N) is 1. The summed E-state index contributed by atoms with van der Waals surface area (Å²) in [5, 5.41) is 14.5. The van der Waals surface area contributed by atoms with Gasteiger partial charge in [-0.3, -0.25) is 4.79 Å². The van der Waals surface area contributed by atoms with E-state index in [1.54, 1.807) is 18.2 Å². The Balaban J connectivity index is 2.30. The summed E-state index contributed by atoms with van der Waals surface area (Å²) >= 11 is 0. The largest absolute Gasteiger partial charge is 0.495 e. The van der Waals surface area contributed by atoms with E-state index in [0.29, 0.717) is 36.6 Å². The standard InChI is InChI=1S/C13H17N3O4/c1-19-10-4-2-3-9(12(14)16-18)11(10)15-13(17)8-5-6-20-7-8/h2-4,8,18H,5-7H2,1H3,(H2,14,16)(H,15,17). The van der Waals surface area contributed by atoms with E-state index in [9.17, 15) is 4.79 Å². The van der Waals surface area contributed by atoms with Crippen LogP contribution in [0.25, 0.3) is 0 Å². The maximum absolute atomic E-state index is 12.2. The molecule has 1 saturated heterocycles. The Kier molecular flexibility index (Phi) is 4.41. The van der Waals surface area contributed by atoms with E-state index in [2.05, 4.69) is 10.5 Å². The molecule has 7 nitrogen and oxygen atoms in total. The fourth-order valence-corrected chi connectivity index (χ4v) is 2.06. The molecule has 1 unspecified atom stereocenters. The first kappa shape index (κ1) is 14.1. The first-order valence-electron chi connectivity index (χ1n) is 6.21. The van der Waals surface area contributed by atoms with Crippen LogP contribution in [0.1, 0.15) is 12.0 Å². The normalized spacial score (nSPS) is 18.9. The highest BCUT2D eigenvalue weighted by Gasteiger charge is 2.25. The number of nitrogens with two attached hydrogens (primary N) is 1. The van der Waals surface area contributed by atoms with Gasteiger partial charge in [-0.05, 0) is 18.6 Å². The number of methoxy groups -OCH3 is 1. The van der Waals surface area contributed by atoms with Gasteiger partial charge in [0.15, 0.2) is 5.84 Å². The molecule has 4 N–H and O–H groups in total. The molecule has 1 atom stereocenters. The van der Waals surface area contributed by atoms with E-state index in [1.807, 2.05) is 0 Å². The second-order valence-electron chi connectivity index (χ2n) is 4.42. The van der Waals surface area contributed by atoms with Gasteiger partial charge in [-0.25, -0.2) is 0 Å². The van der Waals surface area contributed by atoms with Gasteiger partial charge in [0.2, 0.25) is 5.91 Å². The Labute approximate surface area is 116 Å². The van der Waals surface area contributed by atoms with Gasteiger partial charge in [0, 0.05) is 12.2 Å². The molecular weight excluding hydrogens is 262 g/mol. The van der Waals surface area contributed by atoms with Gasteiger partial charge in [-0.15, -0.1) is 0 Å². The molecule has 7 heteroatoms. The van der Waals surface area contributed by atoms with Crippen molar-refractivity contribution >= 4 is 17.4 Å². The topological polar surface area (TPSA) is 106 Å². The van der Waals surface area contributed by atoms with Crippen LogP contribution < -0.4 is 15.8 Å². The van der Waals surface area contributed by atoms with E-state index < -0.39 is 0 Å². The number of rotatable bonds is 4. The molecule has 1 aromatic carbocycles. The number of carbonyl (C=O) groups is 1. The number of benzene rings is 1. The highest BCUT2D eigenvalue weighted by molar-refractivity contribution is 6.07. The SMILES string of the molecule is COc1cccc(/C(N)=N/O)c1NC(=O)C1CCOC1. The zero-order valence-electron chi connectivity index (χ0n) is 11.1. The molecule has 1 aromatic rings. The smallest absolute Gasteiger partial charge is 0.230 e. The number of amides is 1. The predicted molar refractivity (Wildman–Crippen MR) is 73.1 cm³/mol. The lowest BCUT2D eigenvalue weighted by atomic mass is 10.1. The lowest BCUT2D eigenvalue weighted by Crippen LogP contribution is -2.25. The summed E-state index contributed by atoms with van der Waals surface area (Å²) in [7, 11) is 1.49. The summed E-state index contributed by atoms with van der Waals surface area (Å²) in [5.74, 6) is -0.0118. The molecule has 0 bridgehead atoms. The maximum atomic E-state index is 12.2. The third-order valence-electron chi connectivity index (χ3n) is 3.18. The van der Waals surface area contributed by atoms with Crippen molar-refractivity contribution in [1.82, 2.24) is 0 Å². The number of amidine groups is 1. The van der Waals surface area contributed by atoms with Gasteiger partial charge in [0.25, 0.3) is 0 Å². The molecule has 1 aliphatic heterocycles. The minimum Gasteiger partial charge on any atom is -0.495 e. The Morgan fingerprint density at radius 3 is 3.00 bits per heavy atom. The molecule has 0 aliphatic carbocycles. The second kappa shape index (κ2) is 6.25. The summed E-state index contributed by atoms with van der Waals surface area (Å²) in [5.41, 5.74) is 6.41. The Bertz CT molecular complexity index is 524. The van der Waals surface area contributed by atoms with Crippen molar-refractivity contribution in [3.05, 3.63) is 23.8 Å². The van der Waals surface area contributed by atoms with Crippen molar-refractivity contribution in [2.45, 2.75) is 6.42 Å². The number of nitrogens with one attached hydrogen (secondary N) is 1. The number of carbonyl (C=O) groups excluding carboxylic acids is 1. The van der Waals surface area contributed by atoms with Crippen molar-refractivity contribution in [3.63, 3.8) is 0 Å². The molecule has 0 radical (unpaired) electrons. The fourth-order valence-electron chi connectivity index (χ4n) is 2.06. The quantitative estimate of drug-likeness (QED) is 0.326. The number of anilines is 1. The summed E-state index contributed by atoms with van der Waals surface area (Å²) in [6, 6.07) is 5.02. The summed E-state index contributed by atoms with van der Waals surface area (Å²) in [6.07, 6.45) is 0.680. The van der Waals surface area contributed by atoms with E-state index >= 15 is 0 Å². The molecule has 0 saturated carbocycles. The second-order valence-corrected chi connectivity index (χ2v) is 4.42. The van der Waals surface area contributed by atoms with Gasteiger partial charge in [-0.2, -0.15) is 0 Å². The highest BCUT2D eigenvalue weighted by Crippen LogP contribution is 2.29. The van der Waals surface area contributed by atoms with Crippen molar-refractivity contribution in [1.29, 1.82) is 0 Å². The Morgan fingerprint density at radius 2 is 2.40 bits per heavy atom. The maximum Gasteiger partial charge on any atom is 0.230 e. The minimum atomic E-state index is -0.194. The average molecular weight is 279 g/mol. The predicted octanol–water partition coefficient (Wildman–Crippen LogP) is 0.765. The molecular formula is C13H17N3O4. The monoisotopic (exact) mass is 279 g/mol. The molecule has 0 aromatic heterocycles. The Morgan fingerprint density at radius 1 is 1.60 bits per heavy atom. The van der Waals surface area contributed by atoms with E-state index in [-0.39, 0.29) is 17.7 Å². The van der Waals surface area contributed by atoms with Crippen LogP contribution in [0.2, 0.25) is 0 Å². The molecule has 1 fully saturated rings. The molecule has 0 spiro atoms. The first-order chi connectivity index (χ1) is 9.67. The van der Waals surface area contributed by atoms with Gasteiger partial charge < -0.3 is 25.7 Å². The van der Waals surface area contributed by atoms with Crippen molar-refractivity contribution < 1.29 is 19.5 Å². The summed E-state index contributed by atoms with van der Waals surface area (Å²) in [4.78, 5) is 12.2. The number of ether oxygens (including phenoxy) is 2. The molecule has 1 aliphatic rings. The van der Waals surface area contributed by atoms with E-state index in [1.165, 1.54) is 7.11 Å².